The van der Waals surface area contributed by atoms with Gasteiger partial charge in [-0.1, -0.05) is 42.5 Å². The van der Waals surface area contributed by atoms with Crippen LogP contribution in [0, 0.1) is 13.1 Å². The number of carbonyl (C=O) groups is 2. The summed E-state index contributed by atoms with van der Waals surface area (Å²) in [4.78, 5) is 29.9. The predicted molar refractivity (Wildman–Crippen MR) is 151 cm³/mol. The van der Waals surface area contributed by atoms with Gasteiger partial charge in [-0.25, -0.2) is 9.69 Å². The molecule has 2 aromatic heterocycles. The molecule has 180 valence electrons. The van der Waals surface area contributed by atoms with Crippen LogP contribution in [0.3, 0.4) is 0 Å². The van der Waals surface area contributed by atoms with Gasteiger partial charge in [0.05, 0.1) is 22.9 Å². The molecule has 10 heteroatoms. The highest BCUT2D eigenvalue weighted by Crippen LogP contribution is 2.28. The molecule has 36 heavy (non-hydrogen) atoms. The zero-order valence-corrected chi connectivity index (χ0v) is 22.5. The number of thiophene rings is 2. The maximum atomic E-state index is 11.2. The Morgan fingerprint density at radius 3 is 1.83 bits per heavy atom. The highest BCUT2D eigenvalue weighted by Gasteiger charge is 2.10. The fourth-order valence-corrected chi connectivity index (χ4v) is 4.83. The summed E-state index contributed by atoms with van der Waals surface area (Å²) in [6.07, 6.45) is 0. The van der Waals surface area contributed by atoms with Crippen molar-refractivity contribution in [3.8, 4) is 11.1 Å². The molecule has 0 spiro atoms. The normalized spacial score (nSPS) is 9.42. The van der Waals surface area contributed by atoms with Gasteiger partial charge in [0.25, 0.3) is 0 Å². The minimum absolute atomic E-state index is 0.0811. The molecule has 4 rings (SSSR count). The summed E-state index contributed by atoms with van der Waals surface area (Å²) in [5.74, 6) is 0.211. The van der Waals surface area contributed by atoms with E-state index in [1.807, 2.05) is 41.1 Å². The number of ketones is 2. The molecule has 0 saturated carbocycles. The molecule has 2 aromatic carbocycles. The second-order valence-corrected chi connectivity index (χ2v) is 9.92. The van der Waals surface area contributed by atoms with Gasteiger partial charge in [0.1, 0.15) is 0 Å². The van der Waals surface area contributed by atoms with Gasteiger partial charge in [0.2, 0.25) is 0 Å². The summed E-state index contributed by atoms with van der Waals surface area (Å²) in [6.45, 7) is 16.7. The highest BCUT2D eigenvalue weighted by molar-refractivity contribution is 9.10. The van der Waals surface area contributed by atoms with Gasteiger partial charge >= 0.3 is 7.12 Å². The van der Waals surface area contributed by atoms with E-state index in [9.17, 15) is 9.59 Å². The minimum atomic E-state index is -1.49. The molecular weight excluding hydrogens is 559 g/mol. The van der Waals surface area contributed by atoms with Gasteiger partial charge in [-0.15, -0.1) is 22.7 Å². The van der Waals surface area contributed by atoms with Crippen LogP contribution in [-0.4, -0.2) is 28.7 Å². The number of Topliss-reactive ketones (excluding diaryl/α,β-unsaturated/α-hetero) is 2. The quantitative estimate of drug-likeness (QED) is 0.158. The van der Waals surface area contributed by atoms with E-state index < -0.39 is 7.12 Å². The van der Waals surface area contributed by atoms with Gasteiger partial charge in [0.15, 0.2) is 22.9 Å². The standard InChI is InChI=1S/C13H9NOS.C7H6BNO2.C6H5BrOS/c1-9(15)13-7-11(8-16-13)10-4-3-5-12(6-10)14-2;1-9-7-4-2-3-6(5-7)8(10)11;1-4(8)6-2-5(7)3-9-6/h3-8H,1H3;2-5,10-11H;2-3H,1H3. The van der Waals surface area contributed by atoms with Crippen LogP contribution in [0.15, 0.2) is 75.9 Å². The van der Waals surface area contributed by atoms with Crippen LogP contribution in [-0.2, 0) is 0 Å². The molecule has 6 nitrogen and oxygen atoms in total. The smallest absolute Gasteiger partial charge is 0.423 e. The zero-order chi connectivity index (χ0) is 26.7. The fraction of sp³-hybridized carbons (Fsp3) is 0.0769. The molecule has 0 radical (unpaired) electrons. The molecule has 0 atom stereocenters. The lowest BCUT2D eigenvalue weighted by atomic mass is 9.80. The monoisotopic (exact) mass is 578 g/mol. The molecule has 0 bridgehead atoms. The zero-order valence-electron chi connectivity index (χ0n) is 19.3. The summed E-state index contributed by atoms with van der Waals surface area (Å²) >= 11 is 6.16. The summed E-state index contributed by atoms with van der Waals surface area (Å²) in [7, 11) is -1.49. The van der Waals surface area contributed by atoms with Crippen molar-refractivity contribution in [3.05, 3.63) is 108 Å². The first-order chi connectivity index (χ1) is 17.1. The van der Waals surface area contributed by atoms with Crippen LogP contribution in [0.4, 0.5) is 11.4 Å². The van der Waals surface area contributed by atoms with Crippen LogP contribution in [0.5, 0.6) is 0 Å². The largest absolute Gasteiger partial charge is 0.487 e. The Kier molecular flexibility index (Phi) is 11.4. The second-order valence-electron chi connectivity index (χ2n) is 7.18. The average molecular weight is 579 g/mol. The number of nitrogens with zero attached hydrogens (tertiary/aromatic N) is 2. The van der Waals surface area contributed by atoms with Crippen LogP contribution < -0.4 is 5.46 Å². The van der Waals surface area contributed by atoms with Crippen molar-refractivity contribution in [2.75, 3.05) is 0 Å². The van der Waals surface area contributed by atoms with E-state index in [4.69, 9.17) is 23.2 Å². The van der Waals surface area contributed by atoms with E-state index in [-0.39, 0.29) is 11.6 Å². The highest BCUT2D eigenvalue weighted by atomic mass is 79.9. The van der Waals surface area contributed by atoms with Crippen molar-refractivity contribution in [2.45, 2.75) is 13.8 Å². The van der Waals surface area contributed by atoms with Gasteiger partial charge in [-0.3, -0.25) is 9.59 Å². The molecule has 2 heterocycles. The van der Waals surface area contributed by atoms with E-state index in [0.717, 1.165) is 25.4 Å². The first kappa shape index (κ1) is 28.9. The lowest BCUT2D eigenvalue weighted by Crippen LogP contribution is -2.29. The third-order valence-electron chi connectivity index (χ3n) is 4.47. The maximum Gasteiger partial charge on any atom is 0.487 e. The predicted octanol–water partition coefficient (Wildman–Crippen LogP) is 6.80. The number of benzene rings is 2. The van der Waals surface area contributed by atoms with Gasteiger partial charge in [-0.05, 0) is 69.9 Å². The van der Waals surface area contributed by atoms with Crippen molar-refractivity contribution >= 4 is 74.1 Å². The topological polar surface area (TPSA) is 83.3 Å². The van der Waals surface area contributed by atoms with Crippen molar-refractivity contribution in [1.29, 1.82) is 0 Å². The molecule has 0 aliphatic rings. The maximum absolute atomic E-state index is 11.2. The van der Waals surface area contributed by atoms with Crippen molar-refractivity contribution < 1.29 is 19.6 Å². The second kappa shape index (κ2) is 14.2. The first-order valence-corrected chi connectivity index (χ1v) is 12.9. The molecule has 2 N–H and O–H groups in total. The van der Waals surface area contributed by atoms with E-state index in [0.29, 0.717) is 16.8 Å². The van der Waals surface area contributed by atoms with Gasteiger partial charge in [-0.2, -0.15) is 0 Å². The first-order valence-electron chi connectivity index (χ1n) is 10.3. The molecule has 4 aromatic rings. The number of rotatable bonds is 4. The third-order valence-corrected chi connectivity index (χ3v) is 7.29. The van der Waals surface area contributed by atoms with E-state index in [1.54, 1.807) is 38.1 Å². The summed E-state index contributed by atoms with van der Waals surface area (Å²) in [6, 6.07) is 17.3. The number of halogens is 1. The number of hydrogen-bond donors (Lipinski definition) is 2. The molecule has 0 aliphatic heterocycles. The fourth-order valence-electron chi connectivity index (χ4n) is 2.68. The molecule has 0 fully saturated rings. The Labute approximate surface area is 226 Å². The molecule has 0 amide bonds. The van der Waals surface area contributed by atoms with E-state index >= 15 is 0 Å². The number of carbonyl (C=O) groups excluding carboxylic acids is 2. The Hall–Kier alpha value is -3.38. The summed E-state index contributed by atoms with van der Waals surface area (Å²) < 4.78 is 0.984. The Bertz CT molecular complexity index is 1430. The van der Waals surface area contributed by atoms with Crippen LogP contribution in [0.1, 0.15) is 33.2 Å². The van der Waals surface area contributed by atoms with Gasteiger partial charge in [0, 0.05) is 9.85 Å². The lowest BCUT2D eigenvalue weighted by molar-refractivity contribution is 0.101. The summed E-state index contributed by atoms with van der Waals surface area (Å²) in [5.41, 5.74) is 3.36. The van der Waals surface area contributed by atoms with Crippen LogP contribution in [0.25, 0.3) is 20.8 Å². The minimum Gasteiger partial charge on any atom is -0.423 e. The molecular formula is C26H20BBrN2O4S2. The molecule has 0 aliphatic carbocycles. The van der Waals surface area contributed by atoms with Crippen molar-refractivity contribution in [1.82, 2.24) is 0 Å². The van der Waals surface area contributed by atoms with Crippen LogP contribution >= 0.6 is 38.6 Å². The lowest BCUT2D eigenvalue weighted by Gasteiger charge is -1.97. The molecule has 0 saturated heterocycles. The number of hydrogen-bond acceptors (Lipinski definition) is 6. The SMILES string of the molecule is CC(=O)c1cc(Br)cs1.[C-]#[N+]c1cccc(-c2csc(C(C)=O)c2)c1.[C-]#[N+]c1cccc(B(O)O)c1. The Balaban J connectivity index is 0.000000200. The Morgan fingerprint density at radius 1 is 0.806 bits per heavy atom. The van der Waals surface area contributed by atoms with Gasteiger partial charge < -0.3 is 10.0 Å². The van der Waals surface area contributed by atoms with Crippen LogP contribution in [0.2, 0.25) is 0 Å². The average Bonchev–Trinajstić information content (AvgIpc) is 3.55. The summed E-state index contributed by atoms with van der Waals surface area (Å²) in [5, 5.41) is 21.2. The molecule has 0 unspecified atom stereocenters. The van der Waals surface area contributed by atoms with E-state index in [2.05, 4.69) is 25.6 Å². The Morgan fingerprint density at radius 2 is 1.36 bits per heavy atom. The third kappa shape index (κ3) is 9.01. The van der Waals surface area contributed by atoms with E-state index in [1.165, 1.54) is 28.7 Å². The van der Waals surface area contributed by atoms with Crippen molar-refractivity contribution in [3.63, 3.8) is 0 Å². The van der Waals surface area contributed by atoms with Crippen molar-refractivity contribution in [2.24, 2.45) is 0 Å².